The van der Waals surface area contributed by atoms with E-state index in [0.29, 0.717) is 18.2 Å². The molecule has 0 bridgehead atoms. The Morgan fingerprint density at radius 1 is 1.05 bits per heavy atom. The minimum Gasteiger partial charge on any atom is -0.480 e. The zero-order chi connectivity index (χ0) is 15.5. The number of hydrogen-bond donors (Lipinski definition) is 2. The second-order valence-electron chi connectivity index (χ2n) is 3.64. The van der Waals surface area contributed by atoms with E-state index in [2.05, 4.69) is 0 Å². The van der Waals surface area contributed by atoms with Gasteiger partial charge < -0.3 is 10.2 Å². The average molecular weight is 309 g/mol. The van der Waals surface area contributed by atoms with E-state index in [1.54, 1.807) is 0 Å². The lowest BCUT2D eigenvalue weighted by Gasteiger charge is -2.18. The largest absolute Gasteiger partial charge is 0.480 e. The quantitative estimate of drug-likeness (QED) is 0.772. The Morgan fingerprint density at radius 3 is 1.95 bits per heavy atom. The van der Waals surface area contributed by atoms with Crippen LogP contribution in [0.25, 0.3) is 0 Å². The highest BCUT2D eigenvalue weighted by molar-refractivity contribution is 7.89. The molecule has 20 heavy (non-hydrogen) atoms. The molecule has 0 saturated carbocycles. The monoisotopic (exact) mass is 309 g/mol. The molecule has 110 valence electrons. The maximum absolute atomic E-state index is 13.0. The van der Waals surface area contributed by atoms with Crippen molar-refractivity contribution in [3.05, 3.63) is 29.8 Å². The van der Waals surface area contributed by atoms with E-state index in [4.69, 9.17) is 10.2 Å². The molecule has 1 rings (SSSR count). The smallest absolute Gasteiger partial charge is 0.318 e. The van der Waals surface area contributed by atoms with Crippen molar-refractivity contribution in [2.75, 3.05) is 13.1 Å². The summed E-state index contributed by atoms with van der Waals surface area (Å²) in [5.41, 5.74) is 0. The summed E-state index contributed by atoms with van der Waals surface area (Å²) in [5, 5.41) is 17.1. The number of nitrogens with zero attached hydrogens (tertiary/aromatic N) is 1. The Bertz CT molecular complexity index is 629. The fraction of sp³-hybridized carbons (Fsp3) is 0.200. The second kappa shape index (κ2) is 5.92. The first-order valence-corrected chi connectivity index (χ1v) is 6.47. The fourth-order valence-electron chi connectivity index (χ4n) is 1.31. The molecule has 0 aliphatic rings. The van der Waals surface area contributed by atoms with Gasteiger partial charge >= 0.3 is 11.9 Å². The predicted molar refractivity (Wildman–Crippen MR) is 60.4 cm³/mol. The van der Waals surface area contributed by atoms with Gasteiger partial charge in [-0.15, -0.1) is 0 Å². The Balaban J connectivity index is 3.24. The number of rotatable bonds is 6. The summed E-state index contributed by atoms with van der Waals surface area (Å²) in [6.07, 6.45) is 0. The Kier molecular flexibility index (Phi) is 4.73. The summed E-state index contributed by atoms with van der Waals surface area (Å²) < 4.78 is 49.8. The van der Waals surface area contributed by atoms with E-state index in [1.165, 1.54) is 0 Å². The highest BCUT2D eigenvalue weighted by Crippen LogP contribution is 2.18. The third-order valence-corrected chi connectivity index (χ3v) is 3.94. The molecule has 0 aliphatic carbocycles. The van der Waals surface area contributed by atoms with Gasteiger partial charge in [-0.05, 0) is 18.2 Å². The number of hydrogen-bond acceptors (Lipinski definition) is 4. The molecule has 0 aromatic heterocycles. The van der Waals surface area contributed by atoms with Crippen LogP contribution >= 0.6 is 0 Å². The number of aliphatic carboxylic acids is 2. The van der Waals surface area contributed by atoms with E-state index in [0.717, 1.165) is 0 Å². The summed E-state index contributed by atoms with van der Waals surface area (Å²) in [6, 6.07) is 1.60. The van der Waals surface area contributed by atoms with Gasteiger partial charge in [0.05, 0.1) is 4.90 Å². The molecule has 0 unspecified atom stereocenters. The highest BCUT2D eigenvalue weighted by atomic mass is 32.2. The SMILES string of the molecule is O=C(O)CN(CC(=O)O)S(=O)(=O)c1ccc(F)c(F)c1. The lowest BCUT2D eigenvalue weighted by atomic mass is 10.3. The van der Waals surface area contributed by atoms with E-state index < -0.39 is 51.6 Å². The molecule has 7 nitrogen and oxygen atoms in total. The number of carboxylic acid groups (broad SMARTS) is 2. The molecule has 0 aliphatic heterocycles. The molecule has 10 heteroatoms. The van der Waals surface area contributed by atoms with E-state index >= 15 is 0 Å². The number of carboxylic acids is 2. The van der Waals surface area contributed by atoms with Gasteiger partial charge in [0.1, 0.15) is 13.1 Å². The summed E-state index contributed by atoms with van der Waals surface area (Å²) in [4.78, 5) is 20.4. The Morgan fingerprint density at radius 2 is 1.55 bits per heavy atom. The molecule has 0 spiro atoms. The molecule has 0 fully saturated rings. The first-order valence-electron chi connectivity index (χ1n) is 5.03. The van der Waals surface area contributed by atoms with Crippen LogP contribution < -0.4 is 0 Å². The Labute approximate surface area is 112 Å². The zero-order valence-electron chi connectivity index (χ0n) is 9.79. The molecular formula is C10H9F2NO6S. The molecular weight excluding hydrogens is 300 g/mol. The van der Waals surface area contributed by atoms with Crippen molar-refractivity contribution in [3.63, 3.8) is 0 Å². The van der Waals surface area contributed by atoms with Gasteiger partial charge in [0, 0.05) is 0 Å². The highest BCUT2D eigenvalue weighted by Gasteiger charge is 2.29. The molecule has 0 atom stereocenters. The van der Waals surface area contributed by atoms with Gasteiger partial charge in [-0.25, -0.2) is 17.2 Å². The van der Waals surface area contributed by atoms with Crippen LogP contribution in [-0.2, 0) is 19.6 Å². The summed E-state index contributed by atoms with van der Waals surface area (Å²) >= 11 is 0. The standard InChI is InChI=1S/C10H9F2NO6S/c11-7-2-1-6(3-8(7)12)20(18,19)13(4-9(14)15)5-10(16)17/h1-3H,4-5H2,(H,14,15)(H,16,17). The van der Waals surface area contributed by atoms with Crippen LogP contribution in [-0.4, -0.2) is 48.0 Å². The molecule has 0 amide bonds. The topological polar surface area (TPSA) is 112 Å². The van der Waals surface area contributed by atoms with Crippen molar-refractivity contribution in [2.24, 2.45) is 0 Å². The summed E-state index contributed by atoms with van der Waals surface area (Å²) in [6.45, 7) is -2.23. The van der Waals surface area contributed by atoms with Crippen molar-refractivity contribution < 1.29 is 37.0 Å². The maximum Gasteiger partial charge on any atom is 0.318 e. The van der Waals surface area contributed by atoms with Crippen LogP contribution in [0.3, 0.4) is 0 Å². The van der Waals surface area contributed by atoms with Gasteiger partial charge in [-0.1, -0.05) is 0 Å². The number of sulfonamides is 1. The van der Waals surface area contributed by atoms with Crippen molar-refractivity contribution >= 4 is 22.0 Å². The van der Waals surface area contributed by atoms with Crippen molar-refractivity contribution in [2.45, 2.75) is 4.90 Å². The lowest BCUT2D eigenvalue weighted by Crippen LogP contribution is -2.39. The van der Waals surface area contributed by atoms with Crippen molar-refractivity contribution in [1.82, 2.24) is 4.31 Å². The fourth-order valence-corrected chi connectivity index (χ4v) is 2.67. The summed E-state index contributed by atoms with van der Waals surface area (Å²) in [5.74, 6) is -5.90. The number of carbonyl (C=O) groups is 2. The third kappa shape index (κ3) is 3.71. The third-order valence-electron chi connectivity index (χ3n) is 2.15. The van der Waals surface area contributed by atoms with Gasteiger partial charge in [-0.2, -0.15) is 4.31 Å². The molecule has 1 aromatic rings. The van der Waals surface area contributed by atoms with Crippen LogP contribution in [0, 0.1) is 11.6 Å². The normalized spacial score (nSPS) is 11.6. The second-order valence-corrected chi connectivity index (χ2v) is 5.57. The Hall–Kier alpha value is -2.07. The maximum atomic E-state index is 13.0. The van der Waals surface area contributed by atoms with Crippen LogP contribution in [0.5, 0.6) is 0 Å². The summed E-state index contributed by atoms with van der Waals surface area (Å²) in [7, 11) is -4.57. The first-order chi connectivity index (χ1) is 9.14. The van der Waals surface area contributed by atoms with Gasteiger partial charge in [0.15, 0.2) is 11.6 Å². The van der Waals surface area contributed by atoms with Crippen molar-refractivity contribution in [3.8, 4) is 0 Å². The van der Waals surface area contributed by atoms with Crippen LogP contribution in [0.2, 0.25) is 0 Å². The molecule has 2 N–H and O–H groups in total. The van der Waals surface area contributed by atoms with Crippen LogP contribution in [0.4, 0.5) is 8.78 Å². The lowest BCUT2D eigenvalue weighted by molar-refractivity contribution is -0.139. The molecule has 1 aromatic carbocycles. The molecule has 0 radical (unpaired) electrons. The van der Waals surface area contributed by atoms with Gasteiger partial charge in [0.2, 0.25) is 10.0 Å². The minimum absolute atomic E-state index is 0.129. The minimum atomic E-state index is -4.57. The zero-order valence-corrected chi connectivity index (χ0v) is 10.6. The number of halogens is 2. The molecule has 0 heterocycles. The predicted octanol–water partition coefficient (Wildman–Crippen LogP) is 0.125. The van der Waals surface area contributed by atoms with E-state index in [9.17, 15) is 26.8 Å². The number of benzene rings is 1. The van der Waals surface area contributed by atoms with Crippen LogP contribution in [0.1, 0.15) is 0 Å². The first kappa shape index (κ1) is 16.0. The van der Waals surface area contributed by atoms with Crippen LogP contribution in [0.15, 0.2) is 23.1 Å². The van der Waals surface area contributed by atoms with Gasteiger partial charge in [-0.3, -0.25) is 9.59 Å². The molecule has 0 saturated heterocycles. The average Bonchev–Trinajstić information content (AvgIpc) is 2.30. The van der Waals surface area contributed by atoms with E-state index in [1.807, 2.05) is 0 Å². The van der Waals surface area contributed by atoms with Gasteiger partial charge in [0.25, 0.3) is 0 Å². The van der Waals surface area contributed by atoms with Crippen molar-refractivity contribution in [1.29, 1.82) is 0 Å². The van der Waals surface area contributed by atoms with E-state index in [-0.39, 0.29) is 4.31 Å².